The van der Waals surface area contributed by atoms with Gasteiger partial charge in [0, 0.05) is 11.1 Å². The van der Waals surface area contributed by atoms with Crippen molar-refractivity contribution in [3.05, 3.63) is 107 Å². The smallest absolute Gasteiger partial charge is 0.0973 e. The number of hydrogen-bond donors (Lipinski definition) is 0. The van der Waals surface area contributed by atoms with Crippen LogP contribution in [-0.2, 0) is 0 Å². The Morgan fingerprint density at radius 2 is 0.800 bits per heavy atom. The van der Waals surface area contributed by atoms with Crippen LogP contribution in [0.4, 0.5) is 0 Å². The highest BCUT2D eigenvalue weighted by atomic mass is 35.5. The van der Waals surface area contributed by atoms with Crippen molar-refractivity contribution in [3.63, 3.8) is 0 Å². The van der Waals surface area contributed by atoms with Gasteiger partial charge in [0.2, 0.25) is 0 Å². The Labute approximate surface area is 184 Å². The Morgan fingerprint density at radius 3 is 1.30 bits per heavy atom. The Morgan fingerprint density at radius 1 is 0.433 bits per heavy atom. The largest absolute Gasteiger partial charge is 0.244 e. The van der Waals surface area contributed by atoms with Crippen molar-refractivity contribution in [3.8, 4) is 33.6 Å². The standard InChI is InChI=1S/C26H16Cl2N2/c27-21-15-23-24(16-22(21)28)30-26(25(29-23)19-9-5-2-6-10-19)20-13-11-18(12-14-20)17-7-3-1-4-8-17/h1-16H. The van der Waals surface area contributed by atoms with Gasteiger partial charge in [0.1, 0.15) is 0 Å². The van der Waals surface area contributed by atoms with Gasteiger partial charge in [-0.25, -0.2) is 9.97 Å². The summed E-state index contributed by atoms with van der Waals surface area (Å²) in [6.45, 7) is 0. The monoisotopic (exact) mass is 426 g/mol. The second kappa shape index (κ2) is 7.91. The number of aromatic nitrogens is 2. The van der Waals surface area contributed by atoms with Crippen LogP contribution in [0.2, 0.25) is 10.0 Å². The highest BCUT2D eigenvalue weighted by molar-refractivity contribution is 6.42. The molecule has 0 aliphatic rings. The minimum Gasteiger partial charge on any atom is -0.244 e. The molecule has 5 rings (SSSR count). The first-order chi connectivity index (χ1) is 14.7. The normalized spacial score (nSPS) is 11.0. The van der Waals surface area contributed by atoms with Gasteiger partial charge in [-0.05, 0) is 23.3 Å². The molecule has 0 N–H and O–H groups in total. The van der Waals surface area contributed by atoms with Gasteiger partial charge in [0.25, 0.3) is 0 Å². The van der Waals surface area contributed by atoms with Crippen molar-refractivity contribution in [1.29, 1.82) is 0 Å². The zero-order chi connectivity index (χ0) is 20.5. The van der Waals surface area contributed by atoms with Crippen LogP contribution in [-0.4, -0.2) is 9.97 Å². The Bertz CT molecular complexity index is 1330. The molecule has 4 aromatic carbocycles. The fourth-order valence-electron chi connectivity index (χ4n) is 3.50. The van der Waals surface area contributed by atoms with Crippen molar-refractivity contribution >= 4 is 34.2 Å². The fourth-order valence-corrected chi connectivity index (χ4v) is 3.82. The lowest BCUT2D eigenvalue weighted by molar-refractivity contribution is 1.29. The van der Waals surface area contributed by atoms with Crippen LogP contribution in [0.5, 0.6) is 0 Å². The van der Waals surface area contributed by atoms with Crippen LogP contribution in [0.15, 0.2) is 97.1 Å². The molecule has 4 heteroatoms. The minimum absolute atomic E-state index is 0.469. The van der Waals surface area contributed by atoms with Gasteiger partial charge in [0.05, 0.1) is 32.5 Å². The first-order valence-electron chi connectivity index (χ1n) is 9.57. The molecule has 0 saturated carbocycles. The summed E-state index contributed by atoms with van der Waals surface area (Å²) >= 11 is 12.5. The summed E-state index contributed by atoms with van der Waals surface area (Å²) in [4.78, 5) is 9.82. The van der Waals surface area contributed by atoms with E-state index in [1.54, 1.807) is 12.1 Å². The third-order valence-corrected chi connectivity index (χ3v) is 5.74. The first kappa shape index (κ1) is 18.8. The van der Waals surface area contributed by atoms with Gasteiger partial charge >= 0.3 is 0 Å². The molecule has 0 bridgehead atoms. The minimum atomic E-state index is 0.469. The summed E-state index contributed by atoms with van der Waals surface area (Å²) in [7, 11) is 0. The van der Waals surface area contributed by atoms with Crippen LogP contribution < -0.4 is 0 Å². The lowest BCUT2D eigenvalue weighted by atomic mass is 10.00. The van der Waals surface area contributed by atoms with Crippen molar-refractivity contribution in [1.82, 2.24) is 9.97 Å². The summed E-state index contributed by atoms with van der Waals surface area (Å²) in [5.41, 5.74) is 7.39. The molecule has 1 aromatic heterocycles. The van der Waals surface area contributed by atoms with Gasteiger partial charge in [0.15, 0.2) is 0 Å². The predicted molar refractivity (Wildman–Crippen MR) is 126 cm³/mol. The highest BCUT2D eigenvalue weighted by Crippen LogP contribution is 2.34. The maximum absolute atomic E-state index is 6.23. The third kappa shape index (κ3) is 3.56. The van der Waals surface area contributed by atoms with Gasteiger partial charge < -0.3 is 0 Å². The predicted octanol–water partition coefficient (Wildman–Crippen LogP) is 7.94. The van der Waals surface area contributed by atoms with Crippen LogP contribution in [0.25, 0.3) is 44.7 Å². The maximum Gasteiger partial charge on any atom is 0.0973 e. The number of nitrogens with zero attached hydrogens (tertiary/aromatic N) is 2. The zero-order valence-corrected chi connectivity index (χ0v) is 17.4. The molecule has 1 heterocycles. The lowest BCUT2D eigenvalue weighted by Crippen LogP contribution is -1.96. The molecular formula is C26H16Cl2N2. The number of halogens is 2. The van der Waals surface area contributed by atoms with Crippen molar-refractivity contribution in [2.75, 3.05) is 0 Å². The van der Waals surface area contributed by atoms with Gasteiger partial charge in [-0.3, -0.25) is 0 Å². The number of rotatable bonds is 3. The number of hydrogen-bond acceptors (Lipinski definition) is 2. The third-order valence-electron chi connectivity index (χ3n) is 5.02. The van der Waals surface area contributed by atoms with E-state index >= 15 is 0 Å². The van der Waals surface area contributed by atoms with Crippen LogP contribution >= 0.6 is 23.2 Å². The van der Waals surface area contributed by atoms with Gasteiger partial charge in [-0.15, -0.1) is 0 Å². The van der Waals surface area contributed by atoms with Crippen LogP contribution in [0, 0.1) is 0 Å². The average Bonchev–Trinajstić information content (AvgIpc) is 2.80. The van der Waals surface area contributed by atoms with E-state index in [0.717, 1.165) is 28.1 Å². The van der Waals surface area contributed by atoms with E-state index in [1.165, 1.54) is 5.56 Å². The molecule has 0 fully saturated rings. The quantitative estimate of drug-likeness (QED) is 0.292. The molecule has 0 radical (unpaired) electrons. The molecule has 0 aliphatic heterocycles. The Balaban J connectivity index is 1.69. The van der Waals surface area contributed by atoms with Crippen molar-refractivity contribution in [2.45, 2.75) is 0 Å². The molecule has 2 nitrogen and oxygen atoms in total. The molecule has 144 valence electrons. The van der Waals surface area contributed by atoms with E-state index < -0.39 is 0 Å². The number of fused-ring (bicyclic) bond motifs is 1. The molecule has 5 aromatic rings. The summed E-state index contributed by atoms with van der Waals surface area (Å²) in [6, 6.07) is 32.3. The van der Waals surface area contributed by atoms with Crippen molar-refractivity contribution in [2.24, 2.45) is 0 Å². The molecule has 0 unspecified atom stereocenters. The number of benzene rings is 4. The molecular weight excluding hydrogens is 411 g/mol. The first-order valence-corrected chi connectivity index (χ1v) is 10.3. The molecule has 0 aliphatic carbocycles. The summed E-state index contributed by atoms with van der Waals surface area (Å²) in [5, 5.41) is 0.939. The van der Waals surface area contributed by atoms with Crippen molar-refractivity contribution < 1.29 is 0 Å². The van der Waals surface area contributed by atoms with Gasteiger partial charge in [-0.1, -0.05) is 108 Å². The van der Waals surface area contributed by atoms with Gasteiger partial charge in [-0.2, -0.15) is 0 Å². The lowest BCUT2D eigenvalue weighted by Gasteiger charge is -2.12. The molecule has 0 saturated heterocycles. The molecule has 0 atom stereocenters. The van der Waals surface area contributed by atoms with E-state index in [0.29, 0.717) is 21.1 Å². The van der Waals surface area contributed by atoms with E-state index in [4.69, 9.17) is 33.2 Å². The van der Waals surface area contributed by atoms with Crippen LogP contribution in [0.3, 0.4) is 0 Å². The maximum atomic E-state index is 6.23. The van der Waals surface area contributed by atoms with E-state index in [-0.39, 0.29) is 0 Å². The Hall–Kier alpha value is -3.20. The van der Waals surface area contributed by atoms with E-state index in [1.807, 2.05) is 48.5 Å². The van der Waals surface area contributed by atoms with Crippen LogP contribution in [0.1, 0.15) is 0 Å². The Kier molecular flexibility index (Phi) is 4.96. The average molecular weight is 427 g/mol. The van der Waals surface area contributed by atoms with E-state index in [2.05, 4.69) is 36.4 Å². The molecule has 30 heavy (non-hydrogen) atoms. The fraction of sp³-hybridized carbons (Fsp3) is 0. The highest BCUT2D eigenvalue weighted by Gasteiger charge is 2.14. The van der Waals surface area contributed by atoms with E-state index in [9.17, 15) is 0 Å². The summed E-state index contributed by atoms with van der Waals surface area (Å²) < 4.78 is 0. The second-order valence-electron chi connectivity index (χ2n) is 6.99. The second-order valence-corrected chi connectivity index (χ2v) is 7.80. The SMILES string of the molecule is Clc1cc2nc(-c3ccccc3)c(-c3ccc(-c4ccccc4)cc3)nc2cc1Cl. The topological polar surface area (TPSA) is 25.8 Å². The summed E-state index contributed by atoms with van der Waals surface area (Å²) in [6.07, 6.45) is 0. The molecule has 0 spiro atoms. The molecule has 0 amide bonds. The zero-order valence-electron chi connectivity index (χ0n) is 15.9. The summed E-state index contributed by atoms with van der Waals surface area (Å²) in [5.74, 6) is 0.